The van der Waals surface area contributed by atoms with Crippen molar-refractivity contribution < 1.29 is 0 Å². The van der Waals surface area contributed by atoms with E-state index in [2.05, 4.69) is 41.6 Å². The number of rotatable bonds is 2. The Hall–Kier alpha value is -2.13. The molecule has 0 radical (unpaired) electrons. The fourth-order valence-corrected chi connectivity index (χ4v) is 2.72. The van der Waals surface area contributed by atoms with Crippen LogP contribution in [0.25, 0.3) is 21.8 Å². The molecule has 0 aliphatic rings. The van der Waals surface area contributed by atoms with Gasteiger partial charge in [0.25, 0.3) is 0 Å². The Labute approximate surface area is 116 Å². The van der Waals surface area contributed by atoms with Gasteiger partial charge in [0.1, 0.15) is 5.01 Å². The van der Waals surface area contributed by atoms with Crippen LogP contribution in [0.3, 0.4) is 0 Å². The highest BCUT2D eigenvalue weighted by Gasteiger charge is 2.06. The van der Waals surface area contributed by atoms with Crippen molar-refractivity contribution in [3.8, 4) is 21.8 Å². The summed E-state index contributed by atoms with van der Waals surface area (Å²) in [4.78, 5) is 4.69. The molecule has 1 heterocycles. The molecule has 0 atom stereocenters. The van der Waals surface area contributed by atoms with Crippen LogP contribution in [-0.4, -0.2) is 4.98 Å². The van der Waals surface area contributed by atoms with Gasteiger partial charge in [-0.1, -0.05) is 29.8 Å². The second-order valence-electron chi connectivity index (χ2n) is 4.53. The Morgan fingerprint density at radius 3 is 2.21 bits per heavy atom. The molecular formula is C16H14N2S. The number of anilines is 1. The summed E-state index contributed by atoms with van der Waals surface area (Å²) < 4.78 is 0. The summed E-state index contributed by atoms with van der Waals surface area (Å²) in [7, 11) is 0. The van der Waals surface area contributed by atoms with Gasteiger partial charge in [-0.15, -0.1) is 11.3 Å². The van der Waals surface area contributed by atoms with Gasteiger partial charge in [0.15, 0.2) is 0 Å². The number of benzene rings is 2. The number of hydrogen-bond donors (Lipinski definition) is 1. The van der Waals surface area contributed by atoms with E-state index < -0.39 is 0 Å². The first kappa shape index (κ1) is 11.9. The van der Waals surface area contributed by atoms with Crippen molar-refractivity contribution in [3.05, 3.63) is 59.5 Å². The van der Waals surface area contributed by atoms with Crippen LogP contribution in [0.1, 0.15) is 5.56 Å². The highest BCUT2D eigenvalue weighted by molar-refractivity contribution is 7.13. The molecule has 1 aromatic heterocycles. The number of aryl methyl sites for hydroxylation is 1. The second-order valence-corrected chi connectivity index (χ2v) is 5.38. The van der Waals surface area contributed by atoms with Crippen molar-refractivity contribution in [3.63, 3.8) is 0 Å². The molecule has 0 unspecified atom stereocenters. The van der Waals surface area contributed by atoms with Crippen LogP contribution in [-0.2, 0) is 0 Å². The summed E-state index contributed by atoms with van der Waals surface area (Å²) in [5.74, 6) is 0. The van der Waals surface area contributed by atoms with Crippen LogP contribution < -0.4 is 5.73 Å². The smallest absolute Gasteiger partial charge is 0.124 e. The molecule has 0 saturated heterocycles. The maximum absolute atomic E-state index is 5.70. The third kappa shape index (κ3) is 2.51. The Kier molecular flexibility index (Phi) is 3.05. The van der Waals surface area contributed by atoms with Gasteiger partial charge in [0.05, 0.1) is 5.69 Å². The van der Waals surface area contributed by atoms with E-state index in [1.165, 1.54) is 5.56 Å². The molecule has 2 nitrogen and oxygen atoms in total. The minimum Gasteiger partial charge on any atom is -0.399 e. The lowest BCUT2D eigenvalue weighted by Gasteiger charge is -1.98. The quantitative estimate of drug-likeness (QED) is 0.700. The summed E-state index contributed by atoms with van der Waals surface area (Å²) in [6, 6.07) is 16.3. The molecule has 2 aromatic carbocycles. The average molecular weight is 266 g/mol. The Morgan fingerprint density at radius 1 is 0.895 bits per heavy atom. The number of nitrogen functional groups attached to an aromatic ring is 1. The Balaban J connectivity index is 1.95. The maximum atomic E-state index is 5.70. The molecule has 0 spiro atoms. The van der Waals surface area contributed by atoms with Crippen molar-refractivity contribution in [1.29, 1.82) is 0 Å². The summed E-state index contributed by atoms with van der Waals surface area (Å²) in [6.45, 7) is 2.09. The first-order valence-corrected chi connectivity index (χ1v) is 6.99. The molecule has 3 aromatic rings. The fraction of sp³-hybridized carbons (Fsp3) is 0.0625. The Bertz CT molecular complexity index is 622. The molecule has 0 bridgehead atoms. The minimum atomic E-state index is 0.777. The first-order valence-electron chi connectivity index (χ1n) is 6.11. The van der Waals surface area contributed by atoms with Gasteiger partial charge >= 0.3 is 0 Å². The molecule has 0 saturated carbocycles. The van der Waals surface area contributed by atoms with Crippen LogP contribution in [0, 0.1) is 6.92 Å². The molecule has 3 heteroatoms. The van der Waals surface area contributed by atoms with Crippen molar-refractivity contribution in [1.82, 2.24) is 4.98 Å². The van der Waals surface area contributed by atoms with Gasteiger partial charge in [0, 0.05) is 22.2 Å². The Morgan fingerprint density at radius 2 is 1.53 bits per heavy atom. The van der Waals surface area contributed by atoms with E-state index in [0.717, 1.165) is 27.5 Å². The molecule has 94 valence electrons. The van der Waals surface area contributed by atoms with Crippen LogP contribution in [0.2, 0.25) is 0 Å². The maximum Gasteiger partial charge on any atom is 0.124 e. The minimum absolute atomic E-state index is 0.777. The molecule has 3 rings (SSSR count). The van der Waals surface area contributed by atoms with Crippen LogP contribution in [0.4, 0.5) is 5.69 Å². The van der Waals surface area contributed by atoms with E-state index in [9.17, 15) is 0 Å². The molecule has 2 N–H and O–H groups in total. The SMILES string of the molecule is Cc1ccc(-c2csc(-c3ccc(N)cc3)n2)cc1. The summed E-state index contributed by atoms with van der Waals surface area (Å²) >= 11 is 1.66. The lowest BCUT2D eigenvalue weighted by atomic mass is 10.1. The van der Waals surface area contributed by atoms with Gasteiger partial charge < -0.3 is 5.73 Å². The molecule has 0 fully saturated rings. The number of hydrogen-bond acceptors (Lipinski definition) is 3. The standard InChI is InChI=1S/C16H14N2S/c1-11-2-4-12(5-3-11)15-10-19-16(18-15)13-6-8-14(17)9-7-13/h2-10H,17H2,1H3. The van der Waals surface area contributed by atoms with Gasteiger partial charge in [-0.25, -0.2) is 4.98 Å². The van der Waals surface area contributed by atoms with Gasteiger partial charge in [-0.3, -0.25) is 0 Å². The van der Waals surface area contributed by atoms with E-state index in [-0.39, 0.29) is 0 Å². The van der Waals surface area contributed by atoms with Gasteiger partial charge in [-0.2, -0.15) is 0 Å². The van der Waals surface area contributed by atoms with Crippen molar-refractivity contribution in [2.45, 2.75) is 6.92 Å². The fourth-order valence-electron chi connectivity index (χ4n) is 1.89. The zero-order chi connectivity index (χ0) is 13.2. The lowest BCUT2D eigenvalue weighted by molar-refractivity contribution is 1.39. The molecular weight excluding hydrogens is 252 g/mol. The van der Waals surface area contributed by atoms with Gasteiger partial charge in [0.2, 0.25) is 0 Å². The average Bonchev–Trinajstić information content (AvgIpc) is 2.90. The first-order chi connectivity index (χ1) is 9.22. The lowest BCUT2D eigenvalue weighted by Crippen LogP contribution is -1.84. The van der Waals surface area contributed by atoms with Crippen LogP contribution in [0.5, 0.6) is 0 Å². The summed E-state index contributed by atoms with van der Waals surface area (Å²) in [5, 5.41) is 3.12. The molecule has 0 aliphatic carbocycles. The van der Waals surface area contributed by atoms with E-state index in [4.69, 9.17) is 5.73 Å². The summed E-state index contributed by atoms with van der Waals surface area (Å²) in [5.41, 5.74) is 11.0. The largest absolute Gasteiger partial charge is 0.399 e. The second kappa shape index (κ2) is 4.86. The zero-order valence-electron chi connectivity index (χ0n) is 10.6. The normalized spacial score (nSPS) is 10.6. The van der Waals surface area contributed by atoms with E-state index >= 15 is 0 Å². The number of aromatic nitrogens is 1. The van der Waals surface area contributed by atoms with E-state index in [1.807, 2.05) is 24.3 Å². The van der Waals surface area contributed by atoms with Gasteiger partial charge in [-0.05, 0) is 31.2 Å². The number of nitrogens with two attached hydrogens (primary N) is 1. The number of thiazole rings is 1. The molecule has 0 aliphatic heterocycles. The topological polar surface area (TPSA) is 38.9 Å². The monoisotopic (exact) mass is 266 g/mol. The predicted molar refractivity (Wildman–Crippen MR) is 82.1 cm³/mol. The molecule has 19 heavy (non-hydrogen) atoms. The highest BCUT2D eigenvalue weighted by Crippen LogP contribution is 2.29. The third-order valence-corrected chi connectivity index (χ3v) is 3.90. The van der Waals surface area contributed by atoms with E-state index in [0.29, 0.717) is 0 Å². The zero-order valence-corrected chi connectivity index (χ0v) is 11.4. The van der Waals surface area contributed by atoms with Crippen LogP contribution >= 0.6 is 11.3 Å². The summed E-state index contributed by atoms with van der Waals surface area (Å²) in [6.07, 6.45) is 0. The van der Waals surface area contributed by atoms with Crippen molar-refractivity contribution in [2.24, 2.45) is 0 Å². The van der Waals surface area contributed by atoms with E-state index in [1.54, 1.807) is 11.3 Å². The van der Waals surface area contributed by atoms with Crippen molar-refractivity contribution >= 4 is 17.0 Å². The molecule has 0 amide bonds. The number of nitrogens with zero attached hydrogens (tertiary/aromatic N) is 1. The predicted octanol–water partition coefficient (Wildman–Crippen LogP) is 4.37. The highest BCUT2D eigenvalue weighted by atomic mass is 32.1. The van der Waals surface area contributed by atoms with Crippen molar-refractivity contribution in [2.75, 3.05) is 5.73 Å². The van der Waals surface area contributed by atoms with Crippen LogP contribution in [0.15, 0.2) is 53.9 Å². The third-order valence-electron chi connectivity index (χ3n) is 3.01.